The van der Waals surface area contributed by atoms with Crippen LogP contribution in [0.3, 0.4) is 0 Å². The zero-order valence-electron chi connectivity index (χ0n) is 11.1. The number of nitrogens with zero attached hydrogens (tertiary/aromatic N) is 2. The number of benzene rings is 1. The molecule has 0 amide bonds. The van der Waals surface area contributed by atoms with Crippen LogP contribution in [0.1, 0.15) is 36.5 Å². The average Bonchev–Trinajstić information content (AvgIpc) is 2.96. The molecule has 6 heteroatoms. The molecule has 1 N–H and O–H groups in total. The van der Waals surface area contributed by atoms with Gasteiger partial charge in [-0.25, -0.2) is 8.78 Å². The lowest BCUT2D eigenvalue weighted by Crippen LogP contribution is -2.21. The minimum atomic E-state index is -0.600. The summed E-state index contributed by atoms with van der Waals surface area (Å²) in [5, 5.41) is 7.21. The molecule has 1 aromatic heterocycles. The lowest BCUT2D eigenvalue weighted by molar-refractivity contribution is 0.342. The molecule has 0 aliphatic carbocycles. The molecule has 1 aromatic carbocycles. The van der Waals surface area contributed by atoms with Gasteiger partial charge in [-0.05, 0) is 37.6 Å². The highest BCUT2D eigenvalue weighted by Crippen LogP contribution is 2.26. The number of nitrogens with one attached hydrogen (secondary N) is 1. The Labute approximate surface area is 115 Å². The first kappa shape index (κ1) is 13.2. The molecule has 1 saturated heterocycles. The molecule has 4 nitrogen and oxygen atoms in total. The normalized spacial score (nSPS) is 22.4. The van der Waals surface area contributed by atoms with Gasteiger partial charge in [0.2, 0.25) is 5.89 Å². The third-order valence-electron chi connectivity index (χ3n) is 3.61. The van der Waals surface area contributed by atoms with Crippen LogP contribution in [0.25, 0.3) is 0 Å². The van der Waals surface area contributed by atoms with Crippen molar-refractivity contribution in [2.24, 2.45) is 0 Å². The monoisotopic (exact) mass is 279 g/mol. The summed E-state index contributed by atoms with van der Waals surface area (Å²) in [4.78, 5) is 4.33. The molecule has 1 fully saturated rings. The second-order valence-corrected chi connectivity index (χ2v) is 5.14. The molecule has 3 rings (SSSR count). The highest BCUT2D eigenvalue weighted by molar-refractivity contribution is 5.21. The second kappa shape index (κ2) is 5.28. The lowest BCUT2D eigenvalue weighted by atomic mass is 10.0. The number of halogens is 2. The van der Waals surface area contributed by atoms with Crippen LogP contribution in [-0.2, 0) is 6.42 Å². The molecule has 0 radical (unpaired) electrons. The number of rotatable bonds is 3. The van der Waals surface area contributed by atoms with Crippen molar-refractivity contribution in [2.75, 3.05) is 6.54 Å². The Hall–Kier alpha value is -1.82. The molecular formula is C14H15F2N3O. The zero-order chi connectivity index (χ0) is 14.1. The van der Waals surface area contributed by atoms with Crippen molar-refractivity contribution in [1.82, 2.24) is 15.5 Å². The van der Waals surface area contributed by atoms with Crippen molar-refractivity contribution in [3.05, 3.63) is 47.1 Å². The van der Waals surface area contributed by atoms with E-state index in [1.165, 1.54) is 12.1 Å². The third kappa shape index (κ3) is 2.70. The second-order valence-electron chi connectivity index (χ2n) is 5.14. The van der Waals surface area contributed by atoms with Gasteiger partial charge in [0, 0.05) is 18.5 Å². The summed E-state index contributed by atoms with van der Waals surface area (Å²) in [6.45, 7) is 3.00. The van der Waals surface area contributed by atoms with E-state index in [-0.39, 0.29) is 12.3 Å². The van der Waals surface area contributed by atoms with Crippen molar-refractivity contribution in [2.45, 2.75) is 31.7 Å². The first-order valence-corrected chi connectivity index (χ1v) is 6.62. The van der Waals surface area contributed by atoms with E-state index in [1.54, 1.807) is 0 Å². The van der Waals surface area contributed by atoms with Gasteiger partial charge < -0.3 is 9.84 Å². The molecule has 0 spiro atoms. The van der Waals surface area contributed by atoms with Crippen LogP contribution in [0.4, 0.5) is 8.78 Å². The van der Waals surface area contributed by atoms with Crippen LogP contribution in [0, 0.1) is 11.6 Å². The Morgan fingerprint density at radius 2 is 2.05 bits per heavy atom. The summed E-state index contributed by atoms with van der Waals surface area (Å²) in [5.74, 6) is 0.0497. The van der Waals surface area contributed by atoms with Crippen LogP contribution in [-0.4, -0.2) is 22.7 Å². The predicted molar refractivity (Wildman–Crippen MR) is 68.3 cm³/mol. The minimum absolute atomic E-state index is 0.209. The van der Waals surface area contributed by atoms with Gasteiger partial charge in [0.1, 0.15) is 11.6 Å². The van der Waals surface area contributed by atoms with Crippen molar-refractivity contribution in [3.8, 4) is 0 Å². The Bertz CT molecular complexity index is 594. The van der Waals surface area contributed by atoms with Gasteiger partial charge in [0.25, 0.3) is 0 Å². The molecule has 1 aliphatic heterocycles. The summed E-state index contributed by atoms with van der Waals surface area (Å²) in [6.07, 6.45) is 1.21. The fourth-order valence-electron chi connectivity index (χ4n) is 2.58. The topological polar surface area (TPSA) is 51.0 Å². The smallest absolute Gasteiger partial charge is 0.231 e. The quantitative estimate of drug-likeness (QED) is 0.937. The van der Waals surface area contributed by atoms with Gasteiger partial charge in [0.15, 0.2) is 5.82 Å². The first-order chi connectivity index (χ1) is 9.61. The molecular weight excluding hydrogens is 264 g/mol. The van der Waals surface area contributed by atoms with Crippen LogP contribution in [0.15, 0.2) is 22.7 Å². The van der Waals surface area contributed by atoms with E-state index in [9.17, 15) is 8.78 Å². The summed E-state index contributed by atoms with van der Waals surface area (Å²) in [7, 11) is 0. The molecule has 2 aromatic rings. The molecule has 0 saturated carbocycles. The molecule has 2 unspecified atom stereocenters. The first-order valence-electron chi connectivity index (χ1n) is 6.62. The van der Waals surface area contributed by atoms with E-state index >= 15 is 0 Å². The standard InChI is InChI=1S/C14H15F2N3O/c1-8-12(2-3-17-8)14-18-13(19-20-14)6-9-4-10(15)7-11(16)5-9/h4-5,7-8,12,17H,2-3,6H2,1H3. The number of aromatic nitrogens is 2. The van der Waals surface area contributed by atoms with E-state index < -0.39 is 11.6 Å². The molecule has 1 aliphatic rings. The van der Waals surface area contributed by atoms with Crippen molar-refractivity contribution >= 4 is 0 Å². The lowest BCUT2D eigenvalue weighted by Gasteiger charge is -2.08. The molecule has 106 valence electrons. The molecule has 20 heavy (non-hydrogen) atoms. The Kier molecular flexibility index (Phi) is 3.48. The summed E-state index contributed by atoms with van der Waals surface area (Å²) < 4.78 is 31.5. The van der Waals surface area contributed by atoms with Crippen LogP contribution in [0.2, 0.25) is 0 Å². The maximum Gasteiger partial charge on any atom is 0.231 e. The van der Waals surface area contributed by atoms with Crippen LogP contribution >= 0.6 is 0 Å². The van der Waals surface area contributed by atoms with Gasteiger partial charge in [-0.15, -0.1) is 0 Å². The van der Waals surface area contributed by atoms with Gasteiger partial charge in [0.05, 0.1) is 5.92 Å². The largest absolute Gasteiger partial charge is 0.339 e. The molecule has 2 atom stereocenters. The summed E-state index contributed by atoms with van der Waals surface area (Å²) in [5.41, 5.74) is 0.493. The Morgan fingerprint density at radius 1 is 1.30 bits per heavy atom. The Morgan fingerprint density at radius 3 is 2.70 bits per heavy atom. The summed E-state index contributed by atoms with van der Waals surface area (Å²) >= 11 is 0. The van der Waals surface area contributed by atoms with E-state index in [2.05, 4.69) is 22.4 Å². The fraction of sp³-hybridized carbons (Fsp3) is 0.429. The van der Waals surface area contributed by atoms with Gasteiger partial charge in [-0.3, -0.25) is 0 Å². The van der Waals surface area contributed by atoms with Crippen LogP contribution in [0.5, 0.6) is 0 Å². The van der Waals surface area contributed by atoms with Gasteiger partial charge in [-0.1, -0.05) is 5.16 Å². The SMILES string of the molecule is CC1NCCC1c1nc(Cc2cc(F)cc(F)c2)no1. The highest BCUT2D eigenvalue weighted by atomic mass is 19.1. The maximum atomic E-state index is 13.1. The van der Waals surface area contributed by atoms with Gasteiger partial charge >= 0.3 is 0 Å². The predicted octanol–water partition coefficient (Wildman–Crippen LogP) is 2.40. The highest BCUT2D eigenvalue weighted by Gasteiger charge is 2.29. The van der Waals surface area contributed by atoms with Crippen molar-refractivity contribution in [3.63, 3.8) is 0 Å². The summed E-state index contributed by atoms with van der Waals surface area (Å²) in [6, 6.07) is 3.70. The zero-order valence-corrected chi connectivity index (χ0v) is 11.1. The van der Waals surface area contributed by atoms with E-state index in [4.69, 9.17) is 4.52 Å². The molecule has 2 heterocycles. The van der Waals surface area contributed by atoms with Crippen molar-refractivity contribution < 1.29 is 13.3 Å². The third-order valence-corrected chi connectivity index (χ3v) is 3.61. The van der Waals surface area contributed by atoms with Crippen LogP contribution < -0.4 is 5.32 Å². The van der Waals surface area contributed by atoms with E-state index in [0.29, 0.717) is 23.3 Å². The maximum absolute atomic E-state index is 13.1. The van der Waals surface area contributed by atoms with Crippen molar-refractivity contribution in [1.29, 1.82) is 0 Å². The molecule has 0 bridgehead atoms. The fourth-order valence-corrected chi connectivity index (χ4v) is 2.58. The average molecular weight is 279 g/mol. The Balaban J connectivity index is 1.77. The van der Waals surface area contributed by atoms with E-state index in [0.717, 1.165) is 19.0 Å². The van der Waals surface area contributed by atoms with E-state index in [1.807, 2.05) is 0 Å². The number of hydrogen-bond donors (Lipinski definition) is 1. The number of hydrogen-bond acceptors (Lipinski definition) is 4. The van der Waals surface area contributed by atoms with Gasteiger partial charge in [-0.2, -0.15) is 4.98 Å². The minimum Gasteiger partial charge on any atom is -0.339 e.